The van der Waals surface area contributed by atoms with Crippen LogP contribution in [0.15, 0.2) is 34.5 Å². The molecule has 0 radical (unpaired) electrons. The number of hydrogen-bond donors (Lipinski definition) is 2. The van der Waals surface area contributed by atoms with Crippen LogP contribution in [0.4, 0.5) is 26.3 Å². The van der Waals surface area contributed by atoms with Crippen LogP contribution in [0.2, 0.25) is 0 Å². The van der Waals surface area contributed by atoms with E-state index in [4.69, 9.17) is 14.6 Å². The van der Waals surface area contributed by atoms with Crippen LogP contribution in [0.25, 0.3) is 0 Å². The predicted octanol–water partition coefficient (Wildman–Crippen LogP) is 2.81. The highest BCUT2D eigenvalue weighted by molar-refractivity contribution is 5.94. The molecular formula is C17H20F6N4O4. The van der Waals surface area contributed by atoms with Crippen molar-refractivity contribution in [3.05, 3.63) is 35.4 Å². The average Bonchev–Trinajstić information content (AvgIpc) is 3.49. The van der Waals surface area contributed by atoms with Crippen LogP contribution in [0, 0.1) is 0 Å². The highest BCUT2D eigenvalue weighted by Crippen LogP contribution is 2.52. The number of carboxylic acid groups (broad SMARTS) is 1. The summed E-state index contributed by atoms with van der Waals surface area (Å²) in [5.74, 6) is -3.04. The highest BCUT2D eigenvalue weighted by atomic mass is 19.4. The van der Waals surface area contributed by atoms with Crippen LogP contribution in [0.3, 0.4) is 0 Å². The van der Waals surface area contributed by atoms with E-state index in [0.29, 0.717) is 25.3 Å². The third kappa shape index (κ3) is 7.47. The van der Waals surface area contributed by atoms with Gasteiger partial charge < -0.3 is 20.1 Å². The lowest BCUT2D eigenvalue weighted by Gasteiger charge is -2.18. The number of alkyl halides is 6. The SMILES string of the molecule is CNCCOCCN(C)C(=O)c1ccc(C2(C(F)(F)F)N=N2)cc1.O=C(O)C(F)(F)F. The Bertz CT molecular complexity index is 774. The summed E-state index contributed by atoms with van der Waals surface area (Å²) >= 11 is 0. The Morgan fingerprint density at radius 3 is 2.00 bits per heavy atom. The first-order valence-electron chi connectivity index (χ1n) is 8.65. The molecule has 1 aromatic carbocycles. The molecule has 0 spiro atoms. The molecule has 0 aliphatic carbocycles. The average molecular weight is 458 g/mol. The van der Waals surface area contributed by atoms with E-state index < -0.39 is 24.0 Å². The van der Waals surface area contributed by atoms with Gasteiger partial charge in [-0.2, -0.15) is 26.3 Å². The summed E-state index contributed by atoms with van der Waals surface area (Å²) in [6.45, 7) is 2.04. The highest BCUT2D eigenvalue weighted by Gasteiger charge is 2.65. The summed E-state index contributed by atoms with van der Waals surface area (Å²) in [5, 5.41) is 16.3. The largest absolute Gasteiger partial charge is 0.490 e. The molecule has 8 nitrogen and oxygen atoms in total. The second-order valence-electron chi connectivity index (χ2n) is 6.19. The number of aliphatic carboxylic acids is 1. The van der Waals surface area contributed by atoms with Crippen molar-refractivity contribution in [1.29, 1.82) is 0 Å². The van der Waals surface area contributed by atoms with Gasteiger partial charge in [-0.1, -0.05) is 12.1 Å². The number of nitrogens with one attached hydrogen (secondary N) is 1. The number of hydrogen-bond acceptors (Lipinski definition) is 6. The van der Waals surface area contributed by atoms with E-state index >= 15 is 0 Å². The van der Waals surface area contributed by atoms with Crippen LogP contribution >= 0.6 is 0 Å². The predicted molar refractivity (Wildman–Crippen MR) is 94.4 cm³/mol. The fourth-order valence-electron chi connectivity index (χ4n) is 2.09. The Hall–Kier alpha value is -2.74. The van der Waals surface area contributed by atoms with Crippen molar-refractivity contribution < 1.29 is 45.8 Å². The van der Waals surface area contributed by atoms with Crippen LogP contribution < -0.4 is 5.32 Å². The fourth-order valence-corrected chi connectivity index (χ4v) is 2.09. The molecule has 2 N–H and O–H groups in total. The summed E-state index contributed by atoms with van der Waals surface area (Å²) < 4.78 is 75.8. The van der Waals surface area contributed by atoms with Gasteiger partial charge in [-0.15, -0.1) is 10.2 Å². The van der Waals surface area contributed by atoms with Crippen LogP contribution in [0.1, 0.15) is 15.9 Å². The molecule has 0 saturated heterocycles. The lowest BCUT2D eigenvalue weighted by molar-refractivity contribution is -0.192. The van der Waals surface area contributed by atoms with E-state index in [-0.39, 0.29) is 11.5 Å². The summed E-state index contributed by atoms with van der Waals surface area (Å²) in [6, 6.07) is 5.18. The molecule has 1 aromatic rings. The Morgan fingerprint density at radius 2 is 1.61 bits per heavy atom. The lowest BCUT2D eigenvalue weighted by atomic mass is 10.0. The number of amides is 1. The quantitative estimate of drug-likeness (QED) is 0.461. The normalized spacial score (nSPS) is 14.5. The molecule has 0 fully saturated rings. The van der Waals surface area contributed by atoms with Gasteiger partial charge in [0.1, 0.15) is 0 Å². The van der Waals surface area contributed by atoms with Crippen molar-refractivity contribution in [3.8, 4) is 0 Å². The van der Waals surface area contributed by atoms with Gasteiger partial charge >= 0.3 is 24.0 Å². The number of benzene rings is 1. The first-order valence-corrected chi connectivity index (χ1v) is 8.65. The summed E-state index contributed by atoms with van der Waals surface area (Å²) in [7, 11) is 3.42. The van der Waals surface area contributed by atoms with Crippen LogP contribution in [0.5, 0.6) is 0 Å². The molecule has 0 atom stereocenters. The number of likely N-dealkylation sites (N-methyl/N-ethyl adjacent to an activating group) is 2. The molecular weight excluding hydrogens is 438 g/mol. The first kappa shape index (κ1) is 26.3. The van der Waals surface area contributed by atoms with Crippen molar-refractivity contribution in [2.45, 2.75) is 18.0 Å². The summed E-state index contributed by atoms with van der Waals surface area (Å²) in [5.41, 5.74) is -2.25. The Labute approximate surface area is 172 Å². The third-order valence-electron chi connectivity index (χ3n) is 3.89. The van der Waals surface area contributed by atoms with Gasteiger partial charge in [-0.25, -0.2) is 4.79 Å². The summed E-state index contributed by atoms with van der Waals surface area (Å²) in [6.07, 6.45) is -9.65. The molecule has 1 aliphatic rings. The van der Waals surface area contributed by atoms with Crippen molar-refractivity contribution in [1.82, 2.24) is 10.2 Å². The van der Waals surface area contributed by atoms with Gasteiger partial charge in [-0.05, 0) is 19.2 Å². The molecule has 31 heavy (non-hydrogen) atoms. The van der Waals surface area contributed by atoms with Gasteiger partial charge in [0, 0.05) is 31.3 Å². The number of ether oxygens (including phenoxy) is 1. The molecule has 1 aliphatic heterocycles. The number of nitrogens with zero attached hydrogens (tertiary/aromatic N) is 3. The number of carbonyl (C=O) groups is 2. The monoisotopic (exact) mass is 458 g/mol. The number of carbonyl (C=O) groups excluding carboxylic acids is 1. The minimum atomic E-state index is -5.08. The maximum absolute atomic E-state index is 12.9. The zero-order valence-electron chi connectivity index (χ0n) is 16.4. The molecule has 2 rings (SSSR count). The third-order valence-corrected chi connectivity index (χ3v) is 3.89. The standard InChI is InChI=1S/C15H19F3N4O2.C2HF3O2/c1-19-7-9-24-10-8-22(2)13(23)11-3-5-12(6-4-11)14(20-21-14)15(16,17)18;3-2(4,5)1(6)7/h3-6,19H,7-10H2,1-2H3;(H,6,7). The van der Waals surface area contributed by atoms with Crippen molar-refractivity contribution in [2.24, 2.45) is 10.2 Å². The molecule has 0 unspecified atom stereocenters. The number of rotatable bonds is 8. The van der Waals surface area contributed by atoms with Gasteiger partial charge in [0.2, 0.25) is 0 Å². The Morgan fingerprint density at radius 1 is 1.10 bits per heavy atom. The zero-order chi connectivity index (χ0) is 23.9. The van der Waals surface area contributed by atoms with E-state index in [1.807, 2.05) is 7.05 Å². The smallest absolute Gasteiger partial charge is 0.475 e. The minimum Gasteiger partial charge on any atom is -0.475 e. The molecule has 14 heteroatoms. The molecule has 174 valence electrons. The molecule has 0 aromatic heterocycles. The van der Waals surface area contributed by atoms with Crippen LogP contribution in [-0.2, 0) is 15.2 Å². The zero-order valence-corrected chi connectivity index (χ0v) is 16.4. The molecule has 0 saturated carbocycles. The Balaban J connectivity index is 0.000000592. The lowest BCUT2D eigenvalue weighted by Crippen LogP contribution is -2.31. The van der Waals surface area contributed by atoms with E-state index in [1.54, 1.807) is 7.05 Å². The van der Waals surface area contributed by atoms with E-state index in [9.17, 15) is 31.1 Å². The molecule has 1 heterocycles. The maximum Gasteiger partial charge on any atom is 0.490 e. The number of halogens is 6. The summed E-state index contributed by atoms with van der Waals surface area (Å²) in [4.78, 5) is 22.6. The van der Waals surface area contributed by atoms with E-state index in [2.05, 4.69) is 15.5 Å². The minimum absolute atomic E-state index is 0.0930. The van der Waals surface area contributed by atoms with Crippen molar-refractivity contribution in [2.75, 3.05) is 40.4 Å². The van der Waals surface area contributed by atoms with Crippen LogP contribution in [-0.4, -0.2) is 74.6 Å². The second-order valence-corrected chi connectivity index (χ2v) is 6.19. The van der Waals surface area contributed by atoms with Gasteiger partial charge in [-0.3, -0.25) is 4.79 Å². The molecule has 1 amide bonds. The Kier molecular flexibility index (Phi) is 8.93. The van der Waals surface area contributed by atoms with Gasteiger partial charge in [0.15, 0.2) is 0 Å². The van der Waals surface area contributed by atoms with Gasteiger partial charge in [0.25, 0.3) is 5.91 Å². The van der Waals surface area contributed by atoms with Gasteiger partial charge in [0.05, 0.1) is 13.2 Å². The fraction of sp³-hybridized carbons (Fsp3) is 0.529. The van der Waals surface area contributed by atoms with Crippen molar-refractivity contribution >= 4 is 11.9 Å². The molecule has 0 bridgehead atoms. The van der Waals surface area contributed by atoms with E-state index in [0.717, 1.165) is 6.54 Å². The second kappa shape index (κ2) is 10.5. The van der Waals surface area contributed by atoms with Crippen molar-refractivity contribution in [3.63, 3.8) is 0 Å². The van der Waals surface area contributed by atoms with E-state index in [1.165, 1.54) is 29.2 Å². The number of carboxylic acids is 1. The maximum atomic E-state index is 12.9. The topological polar surface area (TPSA) is 104 Å². The first-order chi connectivity index (χ1) is 14.3.